The summed E-state index contributed by atoms with van der Waals surface area (Å²) in [5.74, 6) is -0.736. The van der Waals surface area contributed by atoms with E-state index in [9.17, 15) is 14.9 Å². The first-order valence-electron chi connectivity index (χ1n) is 8.41. The van der Waals surface area contributed by atoms with Gasteiger partial charge in [0.2, 0.25) is 0 Å². The predicted octanol–water partition coefficient (Wildman–Crippen LogP) is 2.82. The van der Waals surface area contributed by atoms with E-state index in [2.05, 4.69) is 5.10 Å². The van der Waals surface area contributed by atoms with Gasteiger partial charge in [0.05, 0.1) is 23.9 Å². The quantitative estimate of drug-likeness (QED) is 0.653. The van der Waals surface area contributed by atoms with Gasteiger partial charge in [-0.15, -0.1) is 0 Å². The molecule has 0 radical (unpaired) electrons. The van der Waals surface area contributed by atoms with Gasteiger partial charge in [-0.2, -0.15) is 20.3 Å². The van der Waals surface area contributed by atoms with E-state index in [1.807, 2.05) is 12.1 Å². The van der Waals surface area contributed by atoms with Gasteiger partial charge in [-0.1, -0.05) is 30.3 Å². The van der Waals surface area contributed by atoms with Crippen molar-refractivity contribution in [3.05, 3.63) is 81.8 Å². The van der Waals surface area contributed by atoms with Crippen molar-refractivity contribution in [3.63, 3.8) is 0 Å². The molecule has 0 bridgehead atoms. The van der Waals surface area contributed by atoms with Crippen LogP contribution < -0.4 is 5.56 Å². The fourth-order valence-electron chi connectivity index (χ4n) is 2.71. The Morgan fingerprint density at radius 1 is 1.07 bits per heavy atom. The lowest BCUT2D eigenvalue weighted by Crippen LogP contribution is -2.28. The molecule has 0 unspecified atom stereocenters. The number of hydrogen-bond donors (Lipinski definition) is 0. The van der Waals surface area contributed by atoms with Crippen LogP contribution in [0.1, 0.15) is 28.5 Å². The van der Waals surface area contributed by atoms with Crippen molar-refractivity contribution in [1.82, 2.24) is 9.78 Å². The summed E-state index contributed by atoms with van der Waals surface area (Å²) in [6, 6.07) is 18.6. The molecule has 136 valence electrons. The van der Waals surface area contributed by atoms with Crippen molar-refractivity contribution in [2.45, 2.75) is 6.92 Å². The standard InChI is InChI=1S/C21H14N4O3/c1-2-28-21(27)19-18(15-6-4-3-5-7-15)17(13-23)20(26)25(24-19)16-10-8-14(12-22)9-11-16/h3-11H,2H2,1H3. The summed E-state index contributed by atoms with van der Waals surface area (Å²) in [4.78, 5) is 25.5. The van der Waals surface area contributed by atoms with Gasteiger partial charge in [0.25, 0.3) is 5.56 Å². The minimum absolute atomic E-state index is 0.118. The Labute approximate surface area is 160 Å². The normalized spacial score (nSPS) is 9.96. The maximum Gasteiger partial charge on any atom is 0.359 e. The van der Waals surface area contributed by atoms with Crippen LogP contribution in [-0.4, -0.2) is 22.4 Å². The zero-order chi connectivity index (χ0) is 20.1. The molecule has 0 saturated carbocycles. The van der Waals surface area contributed by atoms with Crippen LogP contribution in [0.3, 0.4) is 0 Å². The van der Waals surface area contributed by atoms with Gasteiger partial charge in [-0.05, 0) is 36.8 Å². The summed E-state index contributed by atoms with van der Waals surface area (Å²) < 4.78 is 6.06. The zero-order valence-electron chi connectivity index (χ0n) is 14.9. The maximum atomic E-state index is 12.9. The fraction of sp³-hybridized carbons (Fsp3) is 0.0952. The zero-order valence-corrected chi connectivity index (χ0v) is 14.9. The van der Waals surface area contributed by atoms with Crippen molar-refractivity contribution < 1.29 is 9.53 Å². The molecular weight excluding hydrogens is 356 g/mol. The second-order valence-corrected chi connectivity index (χ2v) is 5.67. The minimum atomic E-state index is -0.736. The second-order valence-electron chi connectivity index (χ2n) is 5.67. The Morgan fingerprint density at radius 3 is 2.32 bits per heavy atom. The number of carbonyl (C=O) groups is 1. The summed E-state index contributed by atoms with van der Waals surface area (Å²) >= 11 is 0. The average Bonchev–Trinajstić information content (AvgIpc) is 2.74. The van der Waals surface area contributed by atoms with Gasteiger partial charge in [0.15, 0.2) is 5.69 Å². The lowest BCUT2D eigenvalue weighted by molar-refractivity contribution is 0.0518. The maximum absolute atomic E-state index is 12.9. The number of rotatable bonds is 4. The first-order valence-corrected chi connectivity index (χ1v) is 8.41. The van der Waals surface area contributed by atoms with Crippen LogP contribution in [0.25, 0.3) is 16.8 Å². The number of ether oxygens (including phenoxy) is 1. The number of nitrogens with zero attached hydrogens (tertiary/aromatic N) is 4. The van der Waals surface area contributed by atoms with E-state index in [0.29, 0.717) is 16.8 Å². The smallest absolute Gasteiger partial charge is 0.359 e. The summed E-state index contributed by atoms with van der Waals surface area (Å²) in [6.07, 6.45) is 0. The molecule has 1 heterocycles. The van der Waals surface area contributed by atoms with E-state index >= 15 is 0 Å². The number of nitriles is 2. The summed E-state index contributed by atoms with van der Waals surface area (Å²) in [5, 5.41) is 22.8. The highest BCUT2D eigenvalue weighted by molar-refractivity contribution is 5.96. The van der Waals surface area contributed by atoms with E-state index in [-0.39, 0.29) is 23.4 Å². The van der Waals surface area contributed by atoms with Crippen molar-refractivity contribution in [3.8, 4) is 29.0 Å². The molecular formula is C21H14N4O3. The molecule has 1 aromatic heterocycles. The van der Waals surface area contributed by atoms with Crippen molar-refractivity contribution in [2.24, 2.45) is 0 Å². The molecule has 0 aliphatic heterocycles. The Bertz CT molecular complexity index is 1170. The van der Waals surface area contributed by atoms with Crippen LogP contribution in [0.15, 0.2) is 59.4 Å². The first-order chi connectivity index (χ1) is 13.6. The van der Waals surface area contributed by atoms with Crippen molar-refractivity contribution in [2.75, 3.05) is 6.61 Å². The summed E-state index contributed by atoms with van der Waals surface area (Å²) in [7, 11) is 0. The number of carbonyl (C=O) groups excluding carboxylic acids is 1. The van der Waals surface area contributed by atoms with Gasteiger partial charge >= 0.3 is 5.97 Å². The number of aromatic nitrogens is 2. The Hall–Kier alpha value is -4.23. The minimum Gasteiger partial charge on any atom is -0.461 e. The molecule has 0 aliphatic rings. The van der Waals surface area contributed by atoms with Crippen molar-refractivity contribution >= 4 is 5.97 Å². The van der Waals surface area contributed by atoms with Gasteiger partial charge in [-0.25, -0.2) is 4.79 Å². The highest BCUT2D eigenvalue weighted by atomic mass is 16.5. The molecule has 0 atom stereocenters. The van der Waals surface area contributed by atoms with Crippen molar-refractivity contribution in [1.29, 1.82) is 10.5 Å². The van der Waals surface area contributed by atoms with E-state index in [4.69, 9.17) is 10.00 Å². The van der Waals surface area contributed by atoms with E-state index in [1.54, 1.807) is 37.3 Å². The highest BCUT2D eigenvalue weighted by Crippen LogP contribution is 2.25. The molecule has 0 N–H and O–H groups in total. The van der Waals surface area contributed by atoms with Gasteiger partial charge in [0, 0.05) is 5.56 Å². The summed E-state index contributed by atoms with van der Waals surface area (Å²) in [6.45, 7) is 1.77. The van der Waals surface area contributed by atoms with Gasteiger partial charge in [-0.3, -0.25) is 4.79 Å². The summed E-state index contributed by atoms with van der Waals surface area (Å²) in [5.41, 5.74) is 0.367. The highest BCUT2D eigenvalue weighted by Gasteiger charge is 2.25. The molecule has 7 heteroatoms. The van der Waals surface area contributed by atoms with E-state index < -0.39 is 11.5 Å². The Kier molecular flexibility index (Phi) is 5.29. The molecule has 0 fully saturated rings. The third-order valence-electron chi connectivity index (χ3n) is 3.98. The third-order valence-corrected chi connectivity index (χ3v) is 3.98. The lowest BCUT2D eigenvalue weighted by atomic mass is 9.99. The second kappa shape index (κ2) is 7.98. The molecule has 0 saturated heterocycles. The molecule has 7 nitrogen and oxygen atoms in total. The lowest BCUT2D eigenvalue weighted by Gasteiger charge is -2.13. The van der Waals surface area contributed by atoms with Crippen LogP contribution >= 0.6 is 0 Å². The topological polar surface area (TPSA) is 109 Å². The molecule has 28 heavy (non-hydrogen) atoms. The molecule has 0 amide bonds. The van der Waals surface area contributed by atoms with Crippen LogP contribution in [-0.2, 0) is 4.74 Å². The van der Waals surface area contributed by atoms with E-state index in [1.165, 1.54) is 24.3 Å². The van der Waals surface area contributed by atoms with Gasteiger partial charge < -0.3 is 4.74 Å². The first kappa shape index (κ1) is 18.6. The van der Waals surface area contributed by atoms with Gasteiger partial charge in [0.1, 0.15) is 11.6 Å². The SMILES string of the molecule is CCOC(=O)c1nn(-c2ccc(C#N)cc2)c(=O)c(C#N)c1-c1ccccc1. The fourth-order valence-corrected chi connectivity index (χ4v) is 2.71. The Balaban J connectivity index is 2.34. The van der Waals surface area contributed by atoms with Crippen LogP contribution in [0.4, 0.5) is 0 Å². The van der Waals surface area contributed by atoms with Crippen LogP contribution in [0.5, 0.6) is 0 Å². The third kappa shape index (κ3) is 3.37. The van der Waals surface area contributed by atoms with Crippen LogP contribution in [0.2, 0.25) is 0 Å². The largest absolute Gasteiger partial charge is 0.461 e. The molecule has 2 aromatic carbocycles. The van der Waals surface area contributed by atoms with E-state index in [0.717, 1.165) is 4.68 Å². The number of esters is 1. The molecule has 0 aliphatic carbocycles. The molecule has 0 spiro atoms. The monoisotopic (exact) mass is 370 g/mol. The Morgan fingerprint density at radius 2 is 1.75 bits per heavy atom. The molecule has 3 aromatic rings. The van der Waals surface area contributed by atoms with Crippen LogP contribution in [0, 0.1) is 22.7 Å². The molecule has 3 rings (SSSR count). The predicted molar refractivity (Wildman–Crippen MR) is 101 cm³/mol. The number of hydrogen-bond acceptors (Lipinski definition) is 6. The average molecular weight is 370 g/mol. The number of benzene rings is 2.